The number of esters is 1. The number of aromatic nitrogens is 1. The van der Waals surface area contributed by atoms with Crippen LogP contribution in [0.4, 0.5) is 9.52 Å². The summed E-state index contributed by atoms with van der Waals surface area (Å²) >= 11 is 1.70. The number of carbonyl (C=O) groups is 4. The van der Waals surface area contributed by atoms with Crippen molar-refractivity contribution in [3.63, 3.8) is 0 Å². The fraction of sp³-hybridized carbons (Fsp3) is 0.444. The summed E-state index contributed by atoms with van der Waals surface area (Å²) in [5.41, 5.74) is 4.55. The lowest BCUT2D eigenvalue weighted by atomic mass is 10.0. The second-order valence-electron chi connectivity index (χ2n) is 6.85. The maximum atomic E-state index is 14.2. The molecule has 33 heavy (non-hydrogen) atoms. The number of hydrogen-bond acceptors (Lipinski definition) is 11. The number of nitrogens with two attached hydrogens (primary N) is 1. The number of nitrogens with zero attached hydrogens (tertiary/aromatic N) is 3. The van der Waals surface area contributed by atoms with Gasteiger partial charge in [-0.05, 0) is 6.42 Å². The fourth-order valence-electron chi connectivity index (χ4n) is 3.05. The predicted molar refractivity (Wildman–Crippen MR) is 116 cm³/mol. The first-order valence-electron chi connectivity index (χ1n) is 9.62. The standard InChI is InChI=1S/C18H20FN5O7S2/c1-3-4-31-23-10(9-13(19)33-18(20)22-9)14(26)21-11-15(27)24-12(17(28)29)8(5-30-7(2)25)6-32-16(11)24/h11,16H,3-6H2,1-2H3,(H2,20,22)(H,21,26)(H,28,29)/t11-,16-/m1/s1. The van der Waals surface area contributed by atoms with Gasteiger partial charge in [-0.3, -0.25) is 19.3 Å². The van der Waals surface area contributed by atoms with E-state index in [1.807, 2.05) is 6.92 Å². The summed E-state index contributed by atoms with van der Waals surface area (Å²) in [5.74, 6) is -3.42. The number of hydrogen-bond donors (Lipinski definition) is 3. The molecule has 12 nitrogen and oxygen atoms in total. The van der Waals surface area contributed by atoms with Gasteiger partial charge in [0.1, 0.15) is 36.0 Å². The van der Waals surface area contributed by atoms with E-state index in [-0.39, 0.29) is 35.4 Å². The van der Waals surface area contributed by atoms with Gasteiger partial charge in [-0.25, -0.2) is 9.78 Å². The van der Waals surface area contributed by atoms with Gasteiger partial charge < -0.3 is 25.7 Å². The van der Waals surface area contributed by atoms with Crippen LogP contribution in [0.2, 0.25) is 0 Å². The summed E-state index contributed by atoms with van der Waals surface area (Å²) in [6.07, 6.45) is 0.578. The van der Waals surface area contributed by atoms with Gasteiger partial charge in [-0.1, -0.05) is 23.4 Å². The molecule has 1 aromatic rings. The summed E-state index contributed by atoms with van der Waals surface area (Å²) < 4.78 is 19.1. The molecule has 178 valence electrons. The zero-order valence-corrected chi connectivity index (χ0v) is 19.1. The Morgan fingerprint density at radius 1 is 1.42 bits per heavy atom. The van der Waals surface area contributed by atoms with Crippen molar-refractivity contribution in [1.29, 1.82) is 0 Å². The third kappa shape index (κ3) is 5.08. The maximum Gasteiger partial charge on any atom is 0.352 e. The Morgan fingerprint density at radius 2 is 2.15 bits per heavy atom. The molecule has 0 spiro atoms. The number of nitrogen functional groups attached to an aromatic ring is 1. The molecule has 1 fully saturated rings. The zero-order chi connectivity index (χ0) is 24.3. The average molecular weight is 502 g/mol. The van der Waals surface area contributed by atoms with E-state index in [2.05, 4.69) is 15.5 Å². The minimum atomic E-state index is -1.36. The fourth-order valence-corrected chi connectivity index (χ4v) is 4.94. The number of thiazole rings is 1. The van der Waals surface area contributed by atoms with Crippen molar-refractivity contribution in [2.75, 3.05) is 24.7 Å². The normalized spacial score (nSPS) is 20.2. The lowest BCUT2D eigenvalue weighted by molar-refractivity contribution is -0.150. The van der Waals surface area contributed by atoms with Crippen LogP contribution in [0.3, 0.4) is 0 Å². The highest BCUT2D eigenvalue weighted by Gasteiger charge is 2.54. The molecule has 2 aliphatic rings. The van der Waals surface area contributed by atoms with Crippen LogP contribution in [0.1, 0.15) is 26.0 Å². The molecule has 3 heterocycles. The van der Waals surface area contributed by atoms with Gasteiger partial charge >= 0.3 is 11.9 Å². The Hall–Kier alpha value is -3.20. The van der Waals surface area contributed by atoms with Gasteiger partial charge in [0, 0.05) is 18.2 Å². The highest BCUT2D eigenvalue weighted by molar-refractivity contribution is 8.00. The first kappa shape index (κ1) is 24.4. The number of amides is 2. The first-order chi connectivity index (χ1) is 15.6. The molecule has 2 atom stereocenters. The summed E-state index contributed by atoms with van der Waals surface area (Å²) in [6, 6.07) is -1.09. The van der Waals surface area contributed by atoms with Gasteiger partial charge in [-0.2, -0.15) is 4.39 Å². The molecule has 0 radical (unpaired) electrons. The second-order valence-corrected chi connectivity index (χ2v) is 8.93. The minimum absolute atomic E-state index is 0.122. The summed E-state index contributed by atoms with van der Waals surface area (Å²) in [7, 11) is 0. The van der Waals surface area contributed by atoms with Crippen LogP contribution in [0.15, 0.2) is 16.4 Å². The number of nitrogens with one attached hydrogen (secondary N) is 1. The molecule has 0 aromatic carbocycles. The Bertz CT molecular complexity index is 1060. The molecular weight excluding hydrogens is 481 g/mol. The summed E-state index contributed by atoms with van der Waals surface area (Å²) in [5, 5.41) is 14.0. The summed E-state index contributed by atoms with van der Waals surface area (Å²) in [4.78, 5) is 58.2. The van der Waals surface area contributed by atoms with Gasteiger partial charge in [0.2, 0.25) is 5.13 Å². The number of ether oxygens (including phenoxy) is 1. The Balaban J connectivity index is 1.80. The minimum Gasteiger partial charge on any atom is -0.477 e. The third-order valence-corrected chi connectivity index (χ3v) is 6.49. The summed E-state index contributed by atoms with van der Waals surface area (Å²) in [6.45, 7) is 2.88. The van der Waals surface area contributed by atoms with Crippen LogP contribution < -0.4 is 11.1 Å². The van der Waals surface area contributed by atoms with Crippen LogP contribution >= 0.6 is 23.1 Å². The van der Waals surface area contributed by atoms with Gasteiger partial charge in [0.15, 0.2) is 10.8 Å². The number of oxime groups is 1. The molecule has 2 aliphatic heterocycles. The lowest BCUT2D eigenvalue weighted by Crippen LogP contribution is -2.71. The SMILES string of the molecule is CCCON=C(C(=O)N[C@@H]1C(=O)N2C(C(=O)O)=C(COC(C)=O)CS[C@H]12)c1nc(N)sc1F. The van der Waals surface area contributed by atoms with Crippen molar-refractivity contribution < 1.29 is 38.2 Å². The molecule has 1 saturated heterocycles. The number of rotatable bonds is 9. The van der Waals surface area contributed by atoms with Crippen LogP contribution in [0.25, 0.3) is 0 Å². The molecule has 3 rings (SSSR count). The van der Waals surface area contributed by atoms with Gasteiger partial charge in [-0.15, -0.1) is 11.8 Å². The highest BCUT2D eigenvalue weighted by Crippen LogP contribution is 2.40. The van der Waals surface area contributed by atoms with E-state index in [1.54, 1.807) is 0 Å². The average Bonchev–Trinajstić information content (AvgIpc) is 3.09. The van der Waals surface area contributed by atoms with Crippen molar-refractivity contribution in [2.24, 2.45) is 5.16 Å². The highest BCUT2D eigenvalue weighted by atomic mass is 32.2. The predicted octanol–water partition coefficient (Wildman–Crippen LogP) is 0.297. The second kappa shape index (κ2) is 10.2. The Kier molecular flexibility index (Phi) is 7.53. The number of carboxylic acid groups (broad SMARTS) is 1. The van der Waals surface area contributed by atoms with E-state index < -0.39 is 51.7 Å². The number of carboxylic acids is 1. The Morgan fingerprint density at radius 3 is 2.73 bits per heavy atom. The topological polar surface area (TPSA) is 174 Å². The molecule has 0 unspecified atom stereocenters. The molecule has 2 amide bonds. The number of thioether (sulfide) groups is 1. The van der Waals surface area contributed by atoms with Crippen molar-refractivity contribution >= 4 is 57.7 Å². The van der Waals surface area contributed by atoms with Gasteiger partial charge in [0.25, 0.3) is 11.8 Å². The molecule has 0 saturated carbocycles. The van der Waals surface area contributed by atoms with Crippen LogP contribution in [0.5, 0.6) is 0 Å². The van der Waals surface area contributed by atoms with E-state index in [4.69, 9.17) is 15.3 Å². The van der Waals surface area contributed by atoms with E-state index in [1.165, 1.54) is 18.7 Å². The smallest absolute Gasteiger partial charge is 0.352 e. The number of fused-ring (bicyclic) bond motifs is 1. The Labute approximate surface area is 195 Å². The molecule has 1 aromatic heterocycles. The number of halogens is 1. The van der Waals surface area contributed by atoms with Crippen LogP contribution in [0, 0.1) is 5.13 Å². The number of aliphatic carboxylic acids is 1. The first-order valence-corrected chi connectivity index (χ1v) is 11.5. The van der Waals surface area contributed by atoms with E-state index in [0.29, 0.717) is 17.8 Å². The van der Waals surface area contributed by atoms with E-state index in [0.717, 1.165) is 4.90 Å². The lowest BCUT2D eigenvalue weighted by Gasteiger charge is -2.49. The van der Waals surface area contributed by atoms with Crippen molar-refractivity contribution in [3.8, 4) is 0 Å². The van der Waals surface area contributed by atoms with Crippen molar-refractivity contribution in [1.82, 2.24) is 15.2 Å². The van der Waals surface area contributed by atoms with Gasteiger partial charge in [0.05, 0.1) is 0 Å². The van der Waals surface area contributed by atoms with Crippen molar-refractivity contribution in [3.05, 3.63) is 22.1 Å². The largest absolute Gasteiger partial charge is 0.477 e. The molecule has 4 N–H and O–H groups in total. The van der Waals surface area contributed by atoms with Crippen LogP contribution in [-0.4, -0.2) is 74.8 Å². The zero-order valence-electron chi connectivity index (χ0n) is 17.5. The number of β-lactam (4-membered cyclic amide) rings is 1. The maximum absolute atomic E-state index is 14.2. The molecule has 15 heteroatoms. The molecule has 0 bridgehead atoms. The monoisotopic (exact) mass is 501 g/mol. The molecular formula is C18H20FN5O7S2. The quantitative estimate of drug-likeness (QED) is 0.140. The van der Waals surface area contributed by atoms with Crippen LogP contribution in [-0.2, 0) is 28.8 Å². The molecule has 0 aliphatic carbocycles. The number of carbonyl (C=O) groups excluding carboxylic acids is 3. The third-order valence-electron chi connectivity index (χ3n) is 4.48. The number of anilines is 1. The van der Waals surface area contributed by atoms with E-state index in [9.17, 15) is 28.7 Å². The van der Waals surface area contributed by atoms with Crippen molar-refractivity contribution in [2.45, 2.75) is 31.7 Å². The van der Waals surface area contributed by atoms with E-state index >= 15 is 0 Å².